The predicted octanol–water partition coefficient (Wildman–Crippen LogP) is 9.11. The van der Waals surface area contributed by atoms with Crippen LogP contribution in [0.1, 0.15) is 22.3 Å². The average molecular weight is 549 g/mol. The first kappa shape index (κ1) is 27.2. The van der Waals surface area contributed by atoms with Crippen molar-refractivity contribution >= 4 is 44.2 Å². The van der Waals surface area contributed by atoms with Gasteiger partial charge in [-0.25, -0.2) is 0 Å². The van der Waals surface area contributed by atoms with E-state index in [4.69, 9.17) is 0 Å². The van der Waals surface area contributed by atoms with Gasteiger partial charge in [-0.2, -0.15) is 8.42 Å². The fourth-order valence-electron chi connectivity index (χ4n) is 4.94. The van der Waals surface area contributed by atoms with E-state index in [9.17, 15) is 13.0 Å². The number of hydrogen-bond donors (Lipinski definition) is 1. The van der Waals surface area contributed by atoms with Crippen LogP contribution in [0.4, 0.5) is 34.1 Å². The lowest BCUT2D eigenvalue weighted by Gasteiger charge is -2.30. The summed E-state index contributed by atoms with van der Waals surface area (Å²) >= 11 is 0. The fraction of sp³-hybridized carbons (Fsp3) is 0.118. The molecule has 5 rings (SSSR count). The molecule has 5 aromatic carbocycles. The zero-order valence-corrected chi connectivity index (χ0v) is 23.9. The lowest BCUT2D eigenvalue weighted by molar-refractivity contribution is 0.483. The van der Waals surface area contributed by atoms with Crippen molar-refractivity contribution < 1.29 is 13.0 Å². The highest BCUT2D eigenvalue weighted by molar-refractivity contribution is 7.85. The zero-order valence-electron chi connectivity index (χ0n) is 23.0. The summed E-state index contributed by atoms with van der Waals surface area (Å²) in [7, 11) is -4.53. The Kier molecular flexibility index (Phi) is 7.48. The summed E-state index contributed by atoms with van der Waals surface area (Å²) in [5.41, 5.74) is 9.00. The van der Waals surface area contributed by atoms with E-state index in [0.717, 1.165) is 45.0 Å². The van der Waals surface area contributed by atoms with Crippen molar-refractivity contribution in [3.05, 3.63) is 138 Å². The van der Waals surface area contributed by atoms with Crippen LogP contribution in [0.15, 0.2) is 120 Å². The van der Waals surface area contributed by atoms with Gasteiger partial charge >= 0.3 is 0 Å². The maximum Gasteiger partial charge on any atom is 0.294 e. The number of rotatable bonds is 7. The number of nitrogens with zero attached hydrogens (tertiary/aromatic N) is 2. The van der Waals surface area contributed by atoms with Gasteiger partial charge in [-0.15, -0.1) is 0 Å². The molecule has 0 aliphatic carbocycles. The van der Waals surface area contributed by atoms with Crippen LogP contribution in [-0.2, 0) is 10.1 Å². The summed E-state index contributed by atoms with van der Waals surface area (Å²) in [5.74, 6) is 0. The summed E-state index contributed by atoms with van der Waals surface area (Å²) in [6.45, 7) is 8.09. The third-order valence-electron chi connectivity index (χ3n) is 6.73. The lowest BCUT2D eigenvalue weighted by atomic mass is 10.1. The van der Waals surface area contributed by atoms with Gasteiger partial charge in [0.25, 0.3) is 10.1 Å². The van der Waals surface area contributed by atoms with Gasteiger partial charge in [-0.1, -0.05) is 48.5 Å². The molecule has 0 saturated carbocycles. The molecular weight excluding hydrogens is 516 g/mol. The molecule has 0 amide bonds. The second-order valence-electron chi connectivity index (χ2n) is 10.2. The Labute approximate surface area is 236 Å². The molecule has 0 aliphatic heterocycles. The van der Waals surface area contributed by atoms with Gasteiger partial charge in [0, 0.05) is 34.1 Å². The van der Waals surface area contributed by atoms with Crippen molar-refractivity contribution in [3.63, 3.8) is 0 Å². The molecule has 0 heterocycles. The third kappa shape index (κ3) is 5.93. The third-order valence-corrected chi connectivity index (χ3v) is 7.56. The monoisotopic (exact) mass is 548 g/mol. The normalized spacial score (nSPS) is 11.3. The Morgan fingerprint density at radius 3 is 1.00 bits per heavy atom. The summed E-state index contributed by atoms with van der Waals surface area (Å²) in [6.07, 6.45) is 0. The van der Waals surface area contributed by atoms with Crippen molar-refractivity contribution in [2.75, 3.05) is 9.80 Å². The van der Waals surface area contributed by atoms with Crippen LogP contribution in [0.5, 0.6) is 0 Å². The van der Waals surface area contributed by atoms with Crippen molar-refractivity contribution in [1.29, 1.82) is 0 Å². The average Bonchev–Trinajstić information content (AvgIpc) is 2.89. The van der Waals surface area contributed by atoms with E-state index in [1.807, 2.05) is 116 Å². The van der Waals surface area contributed by atoms with Crippen molar-refractivity contribution in [2.45, 2.75) is 32.6 Å². The van der Waals surface area contributed by atoms with Crippen molar-refractivity contribution in [1.82, 2.24) is 0 Å². The molecule has 0 aromatic heterocycles. The molecule has 40 heavy (non-hydrogen) atoms. The molecule has 0 aliphatic rings. The molecule has 6 heteroatoms. The van der Waals surface area contributed by atoms with Gasteiger partial charge in [0.1, 0.15) is 0 Å². The summed E-state index contributed by atoms with van der Waals surface area (Å²) < 4.78 is 35.6. The lowest BCUT2D eigenvalue weighted by Crippen LogP contribution is -2.15. The molecule has 5 aromatic rings. The van der Waals surface area contributed by atoms with Crippen LogP contribution in [0.3, 0.4) is 0 Å². The first-order valence-corrected chi connectivity index (χ1v) is 14.5. The van der Waals surface area contributed by atoms with Crippen LogP contribution in [0.2, 0.25) is 0 Å². The number of aryl methyl sites for hydroxylation is 4. The number of benzene rings is 5. The molecule has 0 spiro atoms. The van der Waals surface area contributed by atoms with Crippen molar-refractivity contribution in [3.8, 4) is 0 Å². The Morgan fingerprint density at radius 2 is 0.750 bits per heavy atom. The standard InChI is InChI=1S/C34H32N2O3S/c1-24-9-5-13-28(17-24)35(29-14-6-10-25(2)18-29)32-21-33(23-34(22-32)40(37,38)39)36(30-15-7-11-26(3)19-30)31-16-8-12-27(4)20-31/h5-23H,1-4H3,(H,37,38,39). The largest absolute Gasteiger partial charge is 0.310 e. The van der Waals surface area contributed by atoms with Gasteiger partial charge in [0.2, 0.25) is 0 Å². The SMILES string of the molecule is Cc1cccc(N(c2cccc(C)c2)c2cc(N(c3cccc(C)c3)c3cccc(C)c3)cc(S(=O)(=O)O)c2)c1. The maximum absolute atomic E-state index is 12.7. The molecule has 0 saturated heterocycles. The quantitative estimate of drug-likeness (QED) is 0.206. The smallest absolute Gasteiger partial charge is 0.294 e. The van der Waals surface area contributed by atoms with Crippen LogP contribution >= 0.6 is 0 Å². The van der Waals surface area contributed by atoms with Crippen molar-refractivity contribution in [2.24, 2.45) is 0 Å². The van der Waals surface area contributed by atoms with Crippen LogP contribution in [-0.4, -0.2) is 13.0 Å². The van der Waals surface area contributed by atoms with E-state index in [1.54, 1.807) is 0 Å². The molecule has 1 N–H and O–H groups in total. The van der Waals surface area contributed by atoms with E-state index in [2.05, 4.69) is 24.3 Å². The van der Waals surface area contributed by atoms with Crippen LogP contribution < -0.4 is 9.80 Å². The summed E-state index contributed by atoms with van der Waals surface area (Å²) in [6, 6.07) is 37.2. The first-order chi connectivity index (χ1) is 19.1. The highest BCUT2D eigenvalue weighted by Gasteiger charge is 2.22. The Hall–Kier alpha value is -4.39. The minimum absolute atomic E-state index is 0.185. The van der Waals surface area contributed by atoms with E-state index < -0.39 is 10.1 Å². The van der Waals surface area contributed by atoms with Gasteiger partial charge in [0.15, 0.2) is 0 Å². The van der Waals surface area contributed by atoms with E-state index >= 15 is 0 Å². The zero-order chi connectivity index (χ0) is 28.4. The minimum atomic E-state index is -4.53. The maximum atomic E-state index is 12.7. The van der Waals surface area contributed by atoms with E-state index in [1.165, 1.54) is 12.1 Å². The predicted molar refractivity (Wildman–Crippen MR) is 165 cm³/mol. The Balaban J connectivity index is 1.82. The van der Waals surface area contributed by atoms with Crippen LogP contribution in [0.25, 0.3) is 0 Å². The molecule has 0 radical (unpaired) electrons. The van der Waals surface area contributed by atoms with Crippen LogP contribution in [0, 0.1) is 27.7 Å². The molecule has 0 fully saturated rings. The fourth-order valence-corrected chi connectivity index (χ4v) is 5.48. The van der Waals surface area contributed by atoms with Gasteiger partial charge in [0.05, 0.1) is 4.90 Å². The topological polar surface area (TPSA) is 60.9 Å². The molecule has 0 unspecified atom stereocenters. The summed E-state index contributed by atoms with van der Waals surface area (Å²) in [5, 5.41) is 0. The molecular formula is C34H32N2O3S. The highest BCUT2D eigenvalue weighted by atomic mass is 32.2. The van der Waals surface area contributed by atoms with E-state index in [-0.39, 0.29) is 4.90 Å². The molecule has 0 bridgehead atoms. The second kappa shape index (κ2) is 11.0. The minimum Gasteiger partial charge on any atom is -0.310 e. The first-order valence-electron chi connectivity index (χ1n) is 13.1. The van der Waals surface area contributed by atoms with Gasteiger partial charge in [-0.3, -0.25) is 4.55 Å². The highest BCUT2D eigenvalue weighted by Crippen LogP contribution is 2.42. The number of hydrogen-bond acceptors (Lipinski definition) is 4. The summed E-state index contributed by atoms with van der Waals surface area (Å²) in [4.78, 5) is 3.85. The second-order valence-corrected chi connectivity index (χ2v) is 11.6. The molecule has 5 nitrogen and oxygen atoms in total. The van der Waals surface area contributed by atoms with Gasteiger partial charge < -0.3 is 9.80 Å². The van der Waals surface area contributed by atoms with E-state index in [0.29, 0.717) is 11.4 Å². The molecule has 202 valence electrons. The Bertz CT molecular complexity index is 1590. The number of anilines is 6. The van der Waals surface area contributed by atoms with Gasteiger partial charge in [-0.05, 0) is 117 Å². The molecule has 0 atom stereocenters. The Morgan fingerprint density at radius 1 is 0.450 bits per heavy atom.